The number of benzene rings is 1. The monoisotopic (exact) mass is 193 g/mol. The van der Waals surface area contributed by atoms with Crippen molar-refractivity contribution in [3.63, 3.8) is 0 Å². The van der Waals surface area contributed by atoms with E-state index in [1.54, 1.807) is 12.1 Å². The van der Waals surface area contributed by atoms with Gasteiger partial charge in [-0.05, 0) is 36.1 Å². The Bertz CT molecular complexity index is 348. The van der Waals surface area contributed by atoms with Crippen molar-refractivity contribution in [1.82, 2.24) is 5.32 Å². The second-order valence-electron chi connectivity index (χ2n) is 4.16. The fourth-order valence-electron chi connectivity index (χ4n) is 2.56. The Kier molecular flexibility index (Phi) is 2.31. The van der Waals surface area contributed by atoms with Crippen LogP contribution < -0.4 is 5.32 Å². The number of fused-ring (bicyclic) bond motifs is 1. The third kappa shape index (κ3) is 1.17. The molecule has 1 aromatic rings. The third-order valence-electron chi connectivity index (χ3n) is 3.50. The van der Waals surface area contributed by atoms with Crippen LogP contribution >= 0.6 is 0 Å². The van der Waals surface area contributed by atoms with E-state index in [9.17, 15) is 4.39 Å². The summed E-state index contributed by atoms with van der Waals surface area (Å²) in [7, 11) is 1.94. The summed E-state index contributed by atoms with van der Waals surface area (Å²) in [4.78, 5) is 0. The van der Waals surface area contributed by atoms with Crippen molar-refractivity contribution < 1.29 is 4.39 Å². The Morgan fingerprint density at radius 2 is 2.00 bits per heavy atom. The van der Waals surface area contributed by atoms with Crippen molar-refractivity contribution >= 4 is 0 Å². The van der Waals surface area contributed by atoms with Gasteiger partial charge < -0.3 is 5.32 Å². The summed E-state index contributed by atoms with van der Waals surface area (Å²) in [5.41, 5.74) is 2.03. The van der Waals surface area contributed by atoms with Crippen molar-refractivity contribution in [3.05, 3.63) is 35.1 Å². The molecule has 0 saturated carbocycles. The van der Waals surface area contributed by atoms with Crippen molar-refractivity contribution in [3.8, 4) is 0 Å². The predicted octanol–water partition coefficient (Wildman–Crippen LogP) is 2.84. The van der Waals surface area contributed by atoms with Gasteiger partial charge in [-0.2, -0.15) is 0 Å². The minimum Gasteiger partial charge on any atom is -0.313 e. The molecule has 0 fully saturated rings. The lowest BCUT2D eigenvalue weighted by atomic mass is 9.94. The first-order valence-corrected chi connectivity index (χ1v) is 5.12. The maximum atomic E-state index is 13.6. The maximum Gasteiger partial charge on any atom is 0.127 e. The van der Waals surface area contributed by atoms with Crippen LogP contribution in [-0.4, -0.2) is 7.05 Å². The van der Waals surface area contributed by atoms with Gasteiger partial charge in [0.2, 0.25) is 0 Å². The molecule has 1 N–H and O–H groups in total. The molecule has 0 bridgehead atoms. The van der Waals surface area contributed by atoms with E-state index in [4.69, 9.17) is 0 Å². The van der Waals surface area contributed by atoms with Crippen LogP contribution in [0.2, 0.25) is 0 Å². The van der Waals surface area contributed by atoms with E-state index in [1.165, 1.54) is 0 Å². The summed E-state index contributed by atoms with van der Waals surface area (Å²) in [6.07, 6.45) is 0. The van der Waals surface area contributed by atoms with Crippen LogP contribution in [0.25, 0.3) is 0 Å². The largest absolute Gasteiger partial charge is 0.313 e. The predicted molar refractivity (Wildman–Crippen MR) is 55.8 cm³/mol. The molecule has 3 atom stereocenters. The normalized spacial score (nSPS) is 30.4. The average molecular weight is 193 g/mol. The van der Waals surface area contributed by atoms with E-state index in [-0.39, 0.29) is 5.82 Å². The topological polar surface area (TPSA) is 12.0 Å². The van der Waals surface area contributed by atoms with Crippen LogP contribution in [0.5, 0.6) is 0 Å². The van der Waals surface area contributed by atoms with Gasteiger partial charge in [0.1, 0.15) is 5.82 Å². The third-order valence-corrected chi connectivity index (χ3v) is 3.50. The highest BCUT2D eigenvalue weighted by Gasteiger charge is 2.35. The quantitative estimate of drug-likeness (QED) is 0.723. The van der Waals surface area contributed by atoms with Gasteiger partial charge in [0.05, 0.1) is 0 Å². The highest BCUT2D eigenvalue weighted by atomic mass is 19.1. The van der Waals surface area contributed by atoms with E-state index >= 15 is 0 Å². The fourth-order valence-corrected chi connectivity index (χ4v) is 2.56. The summed E-state index contributed by atoms with van der Waals surface area (Å²) < 4.78 is 13.6. The zero-order valence-corrected chi connectivity index (χ0v) is 8.84. The Labute approximate surface area is 84.3 Å². The molecule has 0 amide bonds. The molecule has 76 valence electrons. The summed E-state index contributed by atoms with van der Waals surface area (Å²) in [5.74, 6) is 0.718. The first-order chi connectivity index (χ1) is 6.66. The molecule has 2 heteroatoms. The van der Waals surface area contributed by atoms with Crippen molar-refractivity contribution in [2.45, 2.75) is 25.8 Å². The van der Waals surface area contributed by atoms with Crippen LogP contribution in [0.1, 0.15) is 36.9 Å². The first-order valence-electron chi connectivity index (χ1n) is 5.12. The second-order valence-corrected chi connectivity index (χ2v) is 4.16. The van der Waals surface area contributed by atoms with Gasteiger partial charge in [-0.25, -0.2) is 4.39 Å². The number of nitrogens with one attached hydrogen (secondary N) is 1. The lowest BCUT2D eigenvalue weighted by Crippen LogP contribution is -2.20. The van der Waals surface area contributed by atoms with Crippen molar-refractivity contribution in [2.24, 2.45) is 5.92 Å². The molecule has 0 heterocycles. The molecule has 2 rings (SSSR count). The Hall–Kier alpha value is -0.890. The van der Waals surface area contributed by atoms with Gasteiger partial charge in [0, 0.05) is 6.04 Å². The Balaban J connectivity index is 2.55. The minimum atomic E-state index is -0.0559. The zero-order valence-electron chi connectivity index (χ0n) is 8.84. The van der Waals surface area contributed by atoms with Crippen molar-refractivity contribution in [2.75, 3.05) is 7.05 Å². The fraction of sp³-hybridized carbons (Fsp3) is 0.500. The summed E-state index contributed by atoms with van der Waals surface area (Å²) >= 11 is 0. The van der Waals surface area contributed by atoms with Crippen LogP contribution in [0.4, 0.5) is 4.39 Å². The number of hydrogen-bond donors (Lipinski definition) is 1. The van der Waals surface area contributed by atoms with Gasteiger partial charge in [-0.3, -0.25) is 0 Å². The molecule has 14 heavy (non-hydrogen) atoms. The van der Waals surface area contributed by atoms with Gasteiger partial charge in [0.25, 0.3) is 0 Å². The average Bonchev–Trinajstić information content (AvgIpc) is 2.41. The van der Waals surface area contributed by atoms with E-state index < -0.39 is 0 Å². The molecule has 0 saturated heterocycles. The number of halogens is 1. The van der Waals surface area contributed by atoms with Crippen LogP contribution in [0, 0.1) is 11.7 Å². The van der Waals surface area contributed by atoms with Crippen LogP contribution in [0.15, 0.2) is 18.2 Å². The number of rotatable bonds is 1. The molecule has 1 aliphatic rings. The molecular formula is C12H16FN. The van der Waals surface area contributed by atoms with Crippen molar-refractivity contribution in [1.29, 1.82) is 0 Å². The molecule has 0 aliphatic heterocycles. The molecule has 3 unspecified atom stereocenters. The van der Waals surface area contributed by atoms with E-state index in [1.807, 2.05) is 13.1 Å². The molecule has 1 aliphatic carbocycles. The molecule has 0 aromatic heterocycles. The molecular weight excluding hydrogens is 177 g/mol. The second kappa shape index (κ2) is 3.35. The lowest BCUT2D eigenvalue weighted by molar-refractivity contribution is 0.399. The van der Waals surface area contributed by atoms with Gasteiger partial charge in [-0.15, -0.1) is 0 Å². The number of hydrogen-bond acceptors (Lipinski definition) is 1. The maximum absolute atomic E-state index is 13.6. The van der Waals surface area contributed by atoms with E-state index in [0.717, 1.165) is 11.1 Å². The van der Waals surface area contributed by atoms with Crippen LogP contribution in [-0.2, 0) is 0 Å². The van der Waals surface area contributed by atoms with Gasteiger partial charge >= 0.3 is 0 Å². The molecule has 0 radical (unpaired) electrons. The first kappa shape index (κ1) is 9.66. The highest BCUT2D eigenvalue weighted by Crippen LogP contribution is 2.45. The summed E-state index contributed by atoms with van der Waals surface area (Å²) in [6.45, 7) is 4.27. The lowest BCUT2D eigenvalue weighted by Gasteiger charge is -2.17. The SMILES string of the molecule is CNC1c2cccc(F)c2C(C)C1C. The Morgan fingerprint density at radius 1 is 1.29 bits per heavy atom. The summed E-state index contributed by atoms with van der Waals surface area (Å²) in [5, 5.41) is 3.26. The van der Waals surface area contributed by atoms with Crippen LogP contribution in [0.3, 0.4) is 0 Å². The highest BCUT2D eigenvalue weighted by molar-refractivity contribution is 5.39. The van der Waals surface area contributed by atoms with E-state index in [2.05, 4.69) is 19.2 Å². The smallest absolute Gasteiger partial charge is 0.127 e. The van der Waals surface area contributed by atoms with Gasteiger partial charge in [0.15, 0.2) is 0 Å². The molecule has 1 nitrogen and oxygen atoms in total. The summed E-state index contributed by atoms with van der Waals surface area (Å²) in [6, 6.07) is 5.68. The Morgan fingerprint density at radius 3 is 2.64 bits per heavy atom. The zero-order chi connectivity index (χ0) is 10.3. The van der Waals surface area contributed by atoms with E-state index in [0.29, 0.717) is 17.9 Å². The van der Waals surface area contributed by atoms with Gasteiger partial charge in [-0.1, -0.05) is 26.0 Å². The standard InChI is InChI=1S/C12H16FN/c1-7-8(2)12(14-3)9-5-4-6-10(13)11(7)9/h4-8,12,14H,1-3H3. The molecule has 0 spiro atoms. The molecule has 1 aromatic carbocycles. The minimum absolute atomic E-state index is 0.0559.